The van der Waals surface area contributed by atoms with Gasteiger partial charge in [-0.05, 0) is 60.0 Å². The molecule has 4 rings (SSSR count). The van der Waals surface area contributed by atoms with Crippen LogP contribution in [0.5, 0.6) is 0 Å². The van der Waals surface area contributed by atoms with Gasteiger partial charge in [-0.1, -0.05) is 37.3 Å². The number of thioether (sulfide) groups is 1. The van der Waals surface area contributed by atoms with E-state index in [-0.39, 0.29) is 23.1 Å². The highest BCUT2D eigenvalue weighted by Crippen LogP contribution is 2.42. The number of nitrogens with zero attached hydrogens (tertiary/aromatic N) is 1. The van der Waals surface area contributed by atoms with Gasteiger partial charge >= 0.3 is 6.03 Å². The fourth-order valence-corrected chi connectivity index (χ4v) is 4.72. The van der Waals surface area contributed by atoms with Crippen LogP contribution in [0.15, 0.2) is 72.8 Å². The zero-order valence-corrected chi connectivity index (χ0v) is 17.8. The molecule has 1 aliphatic heterocycles. The average Bonchev–Trinajstić information content (AvgIpc) is 3.16. The SMILES string of the molecule is CCc1ccccc1NC(=O)Nc1cccc([C@H]2SCC(=O)N2c2ccc(F)cc2)c1. The molecule has 1 aliphatic rings. The predicted octanol–water partition coefficient (Wildman–Crippen LogP) is 5.81. The summed E-state index contributed by atoms with van der Waals surface area (Å²) in [6.07, 6.45) is 0.818. The molecule has 3 aromatic carbocycles. The molecule has 0 spiro atoms. The van der Waals surface area contributed by atoms with E-state index >= 15 is 0 Å². The molecule has 2 N–H and O–H groups in total. The number of carbonyl (C=O) groups excluding carboxylic acids is 2. The lowest BCUT2D eigenvalue weighted by molar-refractivity contribution is -0.115. The summed E-state index contributed by atoms with van der Waals surface area (Å²) < 4.78 is 13.3. The van der Waals surface area contributed by atoms with Gasteiger partial charge in [0.1, 0.15) is 11.2 Å². The number of rotatable bonds is 5. The summed E-state index contributed by atoms with van der Waals surface area (Å²) in [6, 6.07) is 20.7. The summed E-state index contributed by atoms with van der Waals surface area (Å²) >= 11 is 1.50. The second-order valence-corrected chi connectivity index (χ2v) is 8.19. The van der Waals surface area contributed by atoms with E-state index in [9.17, 15) is 14.0 Å². The highest BCUT2D eigenvalue weighted by molar-refractivity contribution is 8.00. The van der Waals surface area contributed by atoms with E-state index in [0.717, 1.165) is 23.2 Å². The van der Waals surface area contributed by atoms with Gasteiger partial charge in [-0.25, -0.2) is 9.18 Å². The average molecular weight is 436 g/mol. The number of halogens is 1. The van der Waals surface area contributed by atoms with Gasteiger partial charge in [-0.15, -0.1) is 11.8 Å². The van der Waals surface area contributed by atoms with E-state index in [1.54, 1.807) is 23.1 Å². The molecule has 31 heavy (non-hydrogen) atoms. The third kappa shape index (κ3) is 4.72. The number of amides is 3. The number of para-hydroxylation sites is 1. The van der Waals surface area contributed by atoms with Crippen LogP contribution in [0, 0.1) is 5.82 Å². The molecule has 0 saturated carbocycles. The largest absolute Gasteiger partial charge is 0.323 e. The van der Waals surface area contributed by atoms with Gasteiger partial charge in [0.05, 0.1) is 5.75 Å². The van der Waals surface area contributed by atoms with E-state index in [1.165, 1.54) is 23.9 Å². The van der Waals surface area contributed by atoms with E-state index in [0.29, 0.717) is 17.1 Å². The predicted molar refractivity (Wildman–Crippen MR) is 124 cm³/mol. The number of benzene rings is 3. The number of urea groups is 1. The number of anilines is 3. The maximum absolute atomic E-state index is 13.3. The van der Waals surface area contributed by atoms with Crippen LogP contribution in [0.4, 0.5) is 26.2 Å². The molecule has 0 radical (unpaired) electrons. The van der Waals surface area contributed by atoms with Gasteiger partial charge in [0.15, 0.2) is 0 Å². The molecular weight excluding hydrogens is 413 g/mol. The van der Waals surface area contributed by atoms with Crippen LogP contribution < -0.4 is 15.5 Å². The Morgan fingerprint density at radius 1 is 1.06 bits per heavy atom. The molecule has 1 heterocycles. The number of hydrogen-bond acceptors (Lipinski definition) is 3. The lowest BCUT2D eigenvalue weighted by Gasteiger charge is -2.24. The molecule has 0 aliphatic carbocycles. The quantitative estimate of drug-likeness (QED) is 0.532. The van der Waals surface area contributed by atoms with Gasteiger partial charge in [0.2, 0.25) is 5.91 Å². The summed E-state index contributed by atoms with van der Waals surface area (Å²) in [5, 5.41) is 5.51. The van der Waals surface area contributed by atoms with Crippen molar-refractivity contribution in [1.82, 2.24) is 0 Å². The molecule has 3 amide bonds. The van der Waals surface area contributed by atoms with Gasteiger partial charge in [0.25, 0.3) is 0 Å². The Morgan fingerprint density at radius 2 is 1.84 bits per heavy atom. The molecule has 158 valence electrons. The topological polar surface area (TPSA) is 61.4 Å². The molecule has 1 saturated heterocycles. The van der Waals surface area contributed by atoms with Gasteiger partial charge in [-0.2, -0.15) is 0 Å². The zero-order valence-electron chi connectivity index (χ0n) is 17.0. The Bertz CT molecular complexity index is 1100. The third-order valence-electron chi connectivity index (χ3n) is 5.05. The Hall–Kier alpha value is -3.32. The molecule has 3 aromatic rings. The highest BCUT2D eigenvalue weighted by atomic mass is 32.2. The van der Waals surface area contributed by atoms with Crippen molar-refractivity contribution in [1.29, 1.82) is 0 Å². The van der Waals surface area contributed by atoms with E-state index in [4.69, 9.17) is 0 Å². The fraction of sp³-hybridized carbons (Fsp3) is 0.167. The summed E-state index contributed by atoms with van der Waals surface area (Å²) in [7, 11) is 0. The van der Waals surface area contributed by atoms with Crippen molar-refractivity contribution in [3.05, 3.63) is 89.7 Å². The molecular formula is C24H22FN3O2S. The minimum absolute atomic E-state index is 0.0334. The number of aryl methyl sites for hydroxylation is 1. The normalized spacial score (nSPS) is 15.7. The van der Waals surface area contributed by atoms with Crippen LogP contribution >= 0.6 is 11.8 Å². The van der Waals surface area contributed by atoms with Crippen LogP contribution in [0.1, 0.15) is 23.4 Å². The number of nitrogens with one attached hydrogen (secondary N) is 2. The molecule has 7 heteroatoms. The first kappa shape index (κ1) is 20.9. The van der Waals surface area contributed by atoms with Crippen molar-refractivity contribution >= 4 is 40.8 Å². The minimum atomic E-state index is -0.346. The Morgan fingerprint density at radius 3 is 2.61 bits per heavy atom. The van der Waals surface area contributed by atoms with Crippen molar-refractivity contribution in [2.24, 2.45) is 0 Å². The maximum atomic E-state index is 13.3. The van der Waals surface area contributed by atoms with Crippen molar-refractivity contribution in [2.45, 2.75) is 18.7 Å². The van der Waals surface area contributed by atoms with E-state index in [2.05, 4.69) is 10.6 Å². The molecule has 1 atom stereocenters. The Balaban J connectivity index is 1.51. The molecule has 0 aromatic heterocycles. The zero-order chi connectivity index (χ0) is 21.8. The number of hydrogen-bond donors (Lipinski definition) is 2. The van der Waals surface area contributed by atoms with Gasteiger partial charge < -0.3 is 10.6 Å². The van der Waals surface area contributed by atoms with Gasteiger partial charge in [0, 0.05) is 17.1 Å². The fourth-order valence-electron chi connectivity index (χ4n) is 3.56. The first-order valence-electron chi connectivity index (χ1n) is 10.00. The molecule has 1 fully saturated rings. The van der Waals surface area contributed by atoms with Crippen LogP contribution in [-0.2, 0) is 11.2 Å². The highest BCUT2D eigenvalue weighted by Gasteiger charge is 2.34. The van der Waals surface area contributed by atoms with E-state index in [1.807, 2.05) is 49.4 Å². The lowest BCUT2D eigenvalue weighted by Crippen LogP contribution is -2.28. The Labute approximate surface area is 184 Å². The molecule has 0 unspecified atom stereocenters. The van der Waals surface area contributed by atoms with Crippen LogP contribution in [0.2, 0.25) is 0 Å². The summed E-state index contributed by atoms with van der Waals surface area (Å²) in [5.74, 6) is -0.0381. The summed E-state index contributed by atoms with van der Waals surface area (Å²) in [4.78, 5) is 26.7. The van der Waals surface area contributed by atoms with Gasteiger partial charge in [-0.3, -0.25) is 9.69 Å². The lowest BCUT2D eigenvalue weighted by atomic mass is 10.1. The van der Waals surface area contributed by atoms with Crippen molar-refractivity contribution in [3.8, 4) is 0 Å². The summed E-state index contributed by atoms with van der Waals surface area (Å²) in [6.45, 7) is 2.04. The first-order chi connectivity index (χ1) is 15.0. The second-order valence-electron chi connectivity index (χ2n) is 7.12. The molecule has 0 bridgehead atoms. The first-order valence-corrected chi connectivity index (χ1v) is 11.0. The van der Waals surface area contributed by atoms with Crippen LogP contribution in [0.3, 0.4) is 0 Å². The second kappa shape index (κ2) is 9.22. The summed E-state index contributed by atoms with van der Waals surface area (Å²) in [5.41, 5.74) is 3.99. The monoisotopic (exact) mass is 435 g/mol. The Kier molecular flexibility index (Phi) is 6.23. The van der Waals surface area contributed by atoms with Crippen molar-refractivity contribution in [3.63, 3.8) is 0 Å². The minimum Gasteiger partial charge on any atom is -0.308 e. The maximum Gasteiger partial charge on any atom is 0.323 e. The third-order valence-corrected chi connectivity index (χ3v) is 6.26. The van der Waals surface area contributed by atoms with E-state index < -0.39 is 0 Å². The molecule has 5 nitrogen and oxygen atoms in total. The van der Waals surface area contributed by atoms with Crippen molar-refractivity contribution in [2.75, 3.05) is 21.3 Å². The smallest absolute Gasteiger partial charge is 0.308 e. The number of carbonyl (C=O) groups is 2. The standard InChI is InChI=1S/C24H22FN3O2S/c1-2-16-6-3-4-9-21(16)27-24(30)26-19-8-5-7-17(14-19)23-28(22(29)15-31-23)20-12-10-18(25)11-13-20/h3-14,23H,2,15H2,1H3,(H2,26,27,30)/t23-/m1/s1. The van der Waals surface area contributed by atoms with Crippen LogP contribution in [0.25, 0.3) is 0 Å². The van der Waals surface area contributed by atoms with Crippen LogP contribution in [-0.4, -0.2) is 17.7 Å². The van der Waals surface area contributed by atoms with Crippen molar-refractivity contribution < 1.29 is 14.0 Å².